The molecule has 1 amide bonds. The number of hydrogen-bond donors (Lipinski definition) is 2. The van der Waals surface area contributed by atoms with Gasteiger partial charge in [-0.15, -0.1) is 10.2 Å². The number of nitrogens with zero attached hydrogens (tertiary/aromatic N) is 4. The van der Waals surface area contributed by atoms with Crippen LogP contribution in [0.3, 0.4) is 0 Å². The highest BCUT2D eigenvalue weighted by molar-refractivity contribution is 5.99. The molecule has 0 saturated heterocycles. The highest BCUT2D eigenvalue weighted by atomic mass is 16.3. The molecule has 0 spiro atoms. The lowest BCUT2D eigenvalue weighted by molar-refractivity contribution is 0.0703. The number of carbonyl (C=O) groups is 1. The number of carbonyl (C=O) groups excluding carboxylic acids is 1. The zero-order valence-corrected chi connectivity index (χ0v) is 21.0. The number of unbranched alkanes of at least 4 members (excludes halogenated alkanes) is 2. The third-order valence-electron chi connectivity index (χ3n) is 6.40. The van der Waals surface area contributed by atoms with Crippen LogP contribution < -0.4 is 0 Å². The van der Waals surface area contributed by atoms with Crippen molar-refractivity contribution < 1.29 is 15.0 Å². The van der Waals surface area contributed by atoms with E-state index in [-0.39, 0.29) is 17.4 Å². The summed E-state index contributed by atoms with van der Waals surface area (Å²) in [6, 6.07) is 1.68. The Kier molecular flexibility index (Phi) is 8.91. The van der Waals surface area contributed by atoms with Crippen LogP contribution in [0.1, 0.15) is 87.1 Å². The van der Waals surface area contributed by atoms with Crippen molar-refractivity contribution in [3.05, 3.63) is 58.2 Å². The molecule has 2 aromatic rings. The fourth-order valence-electron chi connectivity index (χ4n) is 4.32. The van der Waals surface area contributed by atoms with Crippen molar-refractivity contribution in [1.82, 2.24) is 19.7 Å². The van der Waals surface area contributed by atoms with E-state index in [2.05, 4.69) is 44.0 Å². The average Bonchev–Trinajstić information content (AvgIpc) is 3.26. The summed E-state index contributed by atoms with van der Waals surface area (Å²) in [5.74, 6) is 0.466. The SMILES string of the molecule is CCCCCc1cc(O)c(C/C=C(\C)CCC=C(C)C)c(O)c1C(=O)N1CCn2cnnc2C1. The molecule has 1 aliphatic heterocycles. The van der Waals surface area contributed by atoms with Gasteiger partial charge in [0.15, 0.2) is 5.82 Å². The number of aryl methyl sites for hydroxylation is 1. The van der Waals surface area contributed by atoms with E-state index in [4.69, 9.17) is 0 Å². The largest absolute Gasteiger partial charge is 0.508 e. The smallest absolute Gasteiger partial charge is 0.258 e. The molecule has 0 unspecified atom stereocenters. The average molecular weight is 467 g/mol. The fraction of sp³-hybridized carbons (Fsp3) is 0.519. The number of aromatic hydroxyl groups is 2. The molecule has 1 aromatic carbocycles. The monoisotopic (exact) mass is 466 g/mol. The molecule has 1 aliphatic rings. The van der Waals surface area contributed by atoms with E-state index >= 15 is 0 Å². The number of hydrogen-bond acceptors (Lipinski definition) is 5. The molecule has 7 heteroatoms. The Balaban J connectivity index is 1.89. The molecule has 34 heavy (non-hydrogen) atoms. The van der Waals surface area contributed by atoms with E-state index < -0.39 is 0 Å². The summed E-state index contributed by atoms with van der Waals surface area (Å²) in [7, 11) is 0. The molecule has 7 nitrogen and oxygen atoms in total. The first kappa shape index (κ1) is 25.5. The summed E-state index contributed by atoms with van der Waals surface area (Å²) < 4.78 is 1.94. The minimum absolute atomic E-state index is 0.0484. The molecular weight excluding hydrogens is 428 g/mol. The molecule has 2 N–H and O–H groups in total. The van der Waals surface area contributed by atoms with E-state index in [1.54, 1.807) is 17.3 Å². The van der Waals surface area contributed by atoms with Gasteiger partial charge in [0.05, 0.1) is 12.1 Å². The Morgan fingerprint density at radius 1 is 1.15 bits per heavy atom. The van der Waals surface area contributed by atoms with Crippen molar-refractivity contribution >= 4 is 5.91 Å². The molecule has 1 aromatic heterocycles. The maximum atomic E-state index is 13.6. The van der Waals surface area contributed by atoms with E-state index in [0.717, 1.165) is 37.9 Å². The number of benzene rings is 1. The van der Waals surface area contributed by atoms with Crippen LogP contribution in [-0.4, -0.2) is 42.3 Å². The van der Waals surface area contributed by atoms with Gasteiger partial charge in [0.1, 0.15) is 17.8 Å². The molecule has 0 fully saturated rings. The minimum atomic E-state index is -0.219. The number of phenols is 2. The van der Waals surface area contributed by atoms with Gasteiger partial charge in [-0.05, 0) is 64.5 Å². The highest BCUT2D eigenvalue weighted by Crippen LogP contribution is 2.36. The van der Waals surface area contributed by atoms with E-state index in [1.807, 2.05) is 10.6 Å². The normalized spacial score (nSPS) is 13.6. The summed E-state index contributed by atoms with van der Waals surface area (Å²) in [4.78, 5) is 15.3. The molecule has 184 valence electrons. The van der Waals surface area contributed by atoms with E-state index in [0.29, 0.717) is 49.2 Å². The van der Waals surface area contributed by atoms with E-state index in [9.17, 15) is 15.0 Å². The lowest BCUT2D eigenvalue weighted by atomic mass is 9.93. The van der Waals surface area contributed by atoms with Crippen LogP contribution in [0.15, 0.2) is 35.7 Å². The van der Waals surface area contributed by atoms with Gasteiger partial charge in [-0.25, -0.2) is 0 Å². The van der Waals surface area contributed by atoms with Gasteiger partial charge in [-0.3, -0.25) is 4.79 Å². The van der Waals surface area contributed by atoms with Crippen molar-refractivity contribution in [2.24, 2.45) is 0 Å². The number of aromatic nitrogens is 3. The van der Waals surface area contributed by atoms with Gasteiger partial charge in [-0.2, -0.15) is 0 Å². The van der Waals surface area contributed by atoms with Crippen LogP contribution in [0, 0.1) is 0 Å². The van der Waals surface area contributed by atoms with Gasteiger partial charge in [0.2, 0.25) is 0 Å². The number of allylic oxidation sites excluding steroid dienone is 4. The fourth-order valence-corrected chi connectivity index (χ4v) is 4.32. The summed E-state index contributed by atoms with van der Waals surface area (Å²) in [6.45, 7) is 9.86. The van der Waals surface area contributed by atoms with Crippen LogP contribution in [-0.2, 0) is 25.9 Å². The van der Waals surface area contributed by atoms with Crippen LogP contribution >= 0.6 is 0 Å². The predicted molar refractivity (Wildman–Crippen MR) is 134 cm³/mol. The van der Waals surface area contributed by atoms with Crippen LogP contribution in [0.4, 0.5) is 0 Å². The second-order valence-electron chi connectivity index (χ2n) is 9.46. The maximum absolute atomic E-state index is 13.6. The molecule has 0 radical (unpaired) electrons. The molecule has 0 saturated carbocycles. The first-order valence-electron chi connectivity index (χ1n) is 12.3. The van der Waals surface area contributed by atoms with Crippen molar-refractivity contribution in [1.29, 1.82) is 0 Å². The number of amides is 1. The van der Waals surface area contributed by atoms with Gasteiger partial charge in [-0.1, -0.05) is 43.1 Å². The highest BCUT2D eigenvalue weighted by Gasteiger charge is 2.29. The van der Waals surface area contributed by atoms with Gasteiger partial charge < -0.3 is 19.7 Å². The number of fused-ring (bicyclic) bond motifs is 1. The third kappa shape index (κ3) is 6.27. The molecule has 3 rings (SSSR count). The molecule has 0 bridgehead atoms. The lowest BCUT2D eigenvalue weighted by Gasteiger charge is -2.28. The quantitative estimate of drug-likeness (QED) is 0.366. The third-order valence-corrected chi connectivity index (χ3v) is 6.40. The Morgan fingerprint density at radius 3 is 2.68 bits per heavy atom. The van der Waals surface area contributed by atoms with Crippen LogP contribution in [0.5, 0.6) is 11.5 Å². The van der Waals surface area contributed by atoms with Crippen molar-refractivity contribution in [2.45, 2.75) is 85.7 Å². The number of phenolic OH excluding ortho intramolecular Hbond substituents is 2. The zero-order chi connectivity index (χ0) is 24.7. The Bertz CT molecular complexity index is 1060. The second kappa shape index (κ2) is 11.9. The Labute approximate surface area is 202 Å². The maximum Gasteiger partial charge on any atom is 0.258 e. The molecule has 0 aliphatic carbocycles. The lowest BCUT2D eigenvalue weighted by Crippen LogP contribution is -2.38. The minimum Gasteiger partial charge on any atom is -0.508 e. The predicted octanol–water partition coefficient (Wildman–Crippen LogP) is 5.31. The first-order valence-corrected chi connectivity index (χ1v) is 12.3. The summed E-state index contributed by atoms with van der Waals surface area (Å²) in [6.07, 6.45) is 11.8. The van der Waals surface area contributed by atoms with Crippen molar-refractivity contribution in [2.75, 3.05) is 6.54 Å². The Hall–Kier alpha value is -3.09. The summed E-state index contributed by atoms with van der Waals surface area (Å²) in [5, 5.41) is 30.1. The first-order chi connectivity index (χ1) is 16.3. The van der Waals surface area contributed by atoms with Crippen molar-refractivity contribution in [3.8, 4) is 11.5 Å². The zero-order valence-electron chi connectivity index (χ0n) is 21.0. The van der Waals surface area contributed by atoms with Crippen LogP contribution in [0.2, 0.25) is 0 Å². The van der Waals surface area contributed by atoms with Crippen LogP contribution in [0.25, 0.3) is 0 Å². The number of rotatable bonds is 10. The van der Waals surface area contributed by atoms with Crippen molar-refractivity contribution in [3.63, 3.8) is 0 Å². The summed E-state index contributed by atoms with van der Waals surface area (Å²) >= 11 is 0. The Morgan fingerprint density at radius 2 is 1.94 bits per heavy atom. The van der Waals surface area contributed by atoms with Gasteiger partial charge in [0.25, 0.3) is 5.91 Å². The standard InChI is InChI=1S/C27H38N4O3/c1-5-6-7-11-21-16-23(32)22(13-12-20(4)10-8-9-19(2)3)26(33)25(21)27(34)30-14-15-31-18-28-29-24(31)17-30/h9,12,16,18,32-33H,5-8,10-11,13-15,17H2,1-4H3/b20-12+. The van der Waals surface area contributed by atoms with E-state index in [1.165, 1.54) is 11.1 Å². The topological polar surface area (TPSA) is 91.5 Å². The molecule has 0 atom stereocenters. The molecular formula is C27H38N4O3. The summed E-state index contributed by atoms with van der Waals surface area (Å²) in [5.41, 5.74) is 3.90. The second-order valence-corrected chi connectivity index (χ2v) is 9.46. The molecule has 2 heterocycles. The van der Waals surface area contributed by atoms with Gasteiger partial charge >= 0.3 is 0 Å². The van der Waals surface area contributed by atoms with Gasteiger partial charge in [0, 0.05) is 18.7 Å².